The lowest BCUT2D eigenvalue weighted by molar-refractivity contribution is 0.0717. The van der Waals surface area contributed by atoms with Crippen LogP contribution in [0.1, 0.15) is 48.9 Å². The van der Waals surface area contributed by atoms with Crippen LogP contribution in [0.5, 0.6) is 0 Å². The van der Waals surface area contributed by atoms with E-state index in [-0.39, 0.29) is 17.8 Å². The molecule has 2 atom stereocenters. The highest BCUT2D eigenvalue weighted by molar-refractivity contribution is 5.96. The second-order valence-electron chi connectivity index (χ2n) is 8.36. The molecule has 2 N–H and O–H groups in total. The number of aliphatic hydroxyl groups excluding tert-OH is 1. The molecule has 2 aliphatic carbocycles. The quantitative estimate of drug-likeness (QED) is 0.779. The van der Waals surface area contributed by atoms with Crippen molar-refractivity contribution in [3.8, 4) is 11.1 Å². The Morgan fingerprint density at radius 1 is 1.21 bits per heavy atom. The maximum atomic E-state index is 13.4. The molecule has 2 aliphatic rings. The molecule has 1 heterocycles. The number of carbonyl (C=O) groups excluding carboxylic acids is 1. The van der Waals surface area contributed by atoms with E-state index in [2.05, 4.69) is 15.2 Å². The molecule has 0 spiro atoms. The number of nitrogens with one attached hydrogen (secondary N) is 1. The van der Waals surface area contributed by atoms with Crippen LogP contribution in [0.15, 0.2) is 36.5 Å². The molecule has 2 aromatic rings. The largest absolute Gasteiger partial charge is 0.391 e. The summed E-state index contributed by atoms with van der Waals surface area (Å²) >= 11 is 0. The van der Waals surface area contributed by atoms with Crippen molar-refractivity contribution in [2.24, 2.45) is 5.92 Å². The van der Waals surface area contributed by atoms with E-state index in [0.717, 1.165) is 49.2 Å². The number of benzene rings is 1. The minimum Gasteiger partial charge on any atom is -0.391 e. The van der Waals surface area contributed by atoms with E-state index in [1.54, 1.807) is 18.3 Å². The molecule has 0 radical (unpaired) electrons. The number of halogens is 1. The fourth-order valence-corrected chi connectivity index (χ4v) is 4.03. The molecule has 154 valence electrons. The summed E-state index contributed by atoms with van der Waals surface area (Å²) in [5.74, 6) is 0.953. The smallest absolute Gasteiger partial charge is 0.253 e. The first-order chi connectivity index (χ1) is 14.0. The molecule has 1 aromatic heterocycles. The van der Waals surface area contributed by atoms with E-state index in [4.69, 9.17) is 0 Å². The SMILES string of the molecule is CN(CC1CC1)c1ncc(C(=O)N[C@@H]2CCCC[C@H]2O)cc1-c1ccc(F)cc1. The average molecular weight is 397 g/mol. The van der Waals surface area contributed by atoms with Crippen LogP contribution in [0.3, 0.4) is 0 Å². The molecule has 5 nitrogen and oxygen atoms in total. The summed E-state index contributed by atoms with van der Waals surface area (Å²) < 4.78 is 13.4. The highest BCUT2D eigenvalue weighted by Crippen LogP contribution is 2.34. The number of hydrogen-bond donors (Lipinski definition) is 2. The summed E-state index contributed by atoms with van der Waals surface area (Å²) in [7, 11) is 2.01. The third-order valence-electron chi connectivity index (χ3n) is 5.92. The van der Waals surface area contributed by atoms with Crippen LogP contribution >= 0.6 is 0 Å². The van der Waals surface area contributed by atoms with Gasteiger partial charge >= 0.3 is 0 Å². The Morgan fingerprint density at radius 3 is 2.62 bits per heavy atom. The van der Waals surface area contributed by atoms with Gasteiger partial charge in [-0.2, -0.15) is 0 Å². The third-order valence-corrected chi connectivity index (χ3v) is 5.92. The predicted octanol–water partition coefficient (Wildman–Crippen LogP) is 3.77. The predicted molar refractivity (Wildman–Crippen MR) is 111 cm³/mol. The van der Waals surface area contributed by atoms with Gasteiger partial charge in [0.2, 0.25) is 0 Å². The van der Waals surface area contributed by atoms with Crippen molar-refractivity contribution in [1.29, 1.82) is 0 Å². The molecule has 1 amide bonds. The summed E-state index contributed by atoms with van der Waals surface area (Å²) in [6.45, 7) is 0.918. The van der Waals surface area contributed by atoms with Gasteiger partial charge in [0.25, 0.3) is 5.91 Å². The molecule has 29 heavy (non-hydrogen) atoms. The highest BCUT2D eigenvalue weighted by atomic mass is 19.1. The number of hydrogen-bond acceptors (Lipinski definition) is 4. The molecule has 2 fully saturated rings. The molecular formula is C23H28FN3O2. The Labute approximate surface area is 171 Å². The van der Waals surface area contributed by atoms with Crippen molar-refractivity contribution < 1.29 is 14.3 Å². The van der Waals surface area contributed by atoms with Gasteiger partial charge in [0.1, 0.15) is 11.6 Å². The number of rotatable bonds is 6. The van der Waals surface area contributed by atoms with E-state index >= 15 is 0 Å². The van der Waals surface area contributed by atoms with E-state index in [1.165, 1.54) is 25.0 Å². The Balaban J connectivity index is 1.62. The topological polar surface area (TPSA) is 65.5 Å². The van der Waals surface area contributed by atoms with Gasteiger partial charge < -0.3 is 15.3 Å². The zero-order valence-electron chi connectivity index (χ0n) is 16.8. The van der Waals surface area contributed by atoms with Crippen molar-refractivity contribution in [2.75, 3.05) is 18.5 Å². The van der Waals surface area contributed by atoms with Crippen molar-refractivity contribution in [3.05, 3.63) is 47.9 Å². The first-order valence-electron chi connectivity index (χ1n) is 10.5. The summed E-state index contributed by atoms with van der Waals surface area (Å²) in [5, 5.41) is 13.1. The standard InChI is InChI=1S/C23H28FN3O2/c1-27(14-15-6-7-15)22-19(16-8-10-18(24)11-9-16)12-17(13-25-22)23(29)26-20-4-2-3-5-21(20)28/h8-13,15,20-21,28H,2-7,14H2,1H3,(H,26,29)/t20-,21-/m1/s1. The third kappa shape index (κ3) is 4.75. The monoisotopic (exact) mass is 397 g/mol. The maximum Gasteiger partial charge on any atom is 0.253 e. The summed E-state index contributed by atoms with van der Waals surface area (Å²) in [4.78, 5) is 19.5. The number of carbonyl (C=O) groups is 1. The molecular weight excluding hydrogens is 369 g/mol. The minimum atomic E-state index is -0.499. The average Bonchev–Trinajstić information content (AvgIpc) is 3.54. The fourth-order valence-electron chi connectivity index (χ4n) is 4.03. The molecule has 0 unspecified atom stereocenters. The second-order valence-corrected chi connectivity index (χ2v) is 8.36. The van der Waals surface area contributed by atoms with Gasteiger partial charge in [0.15, 0.2) is 0 Å². The Bertz CT molecular complexity index is 867. The van der Waals surface area contributed by atoms with Crippen molar-refractivity contribution in [3.63, 3.8) is 0 Å². The molecule has 0 aliphatic heterocycles. The lowest BCUT2D eigenvalue weighted by atomic mass is 9.92. The maximum absolute atomic E-state index is 13.4. The normalized spacial score (nSPS) is 21.6. The number of pyridine rings is 1. The lowest BCUT2D eigenvalue weighted by Crippen LogP contribution is -2.45. The van der Waals surface area contributed by atoms with Crippen molar-refractivity contribution in [2.45, 2.75) is 50.7 Å². The molecule has 0 saturated heterocycles. The number of aromatic nitrogens is 1. The van der Waals surface area contributed by atoms with Gasteiger partial charge in [-0.1, -0.05) is 25.0 Å². The van der Waals surface area contributed by atoms with E-state index < -0.39 is 6.10 Å². The summed E-state index contributed by atoms with van der Waals surface area (Å²) in [6.07, 6.45) is 7.07. The molecule has 2 saturated carbocycles. The first kappa shape index (κ1) is 19.8. The van der Waals surface area contributed by atoms with Crippen LogP contribution in [0, 0.1) is 11.7 Å². The van der Waals surface area contributed by atoms with Crippen molar-refractivity contribution in [1.82, 2.24) is 10.3 Å². The van der Waals surface area contributed by atoms with E-state index in [1.807, 2.05) is 13.1 Å². The zero-order chi connectivity index (χ0) is 20.4. The van der Waals surface area contributed by atoms with Crippen LogP contribution in [0.4, 0.5) is 10.2 Å². The number of anilines is 1. The molecule has 4 rings (SSSR count). The second kappa shape index (κ2) is 8.49. The van der Waals surface area contributed by atoms with Crippen LogP contribution in [0.2, 0.25) is 0 Å². The summed E-state index contributed by atoms with van der Waals surface area (Å²) in [5.41, 5.74) is 2.08. The lowest BCUT2D eigenvalue weighted by Gasteiger charge is -2.28. The summed E-state index contributed by atoms with van der Waals surface area (Å²) in [6, 6.07) is 7.88. The number of nitrogens with zero attached hydrogens (tertiary/aromatic N) is 2. The Hall–Kier alpha value is -2.47. The van der Waals surface area contributed by atoms with Gasteiger partial charge in [-0.3, -0.25) is 4.79 Å². The fraction of sp³-hybridized carbons (Fsp3) is 0.478. The number of amides is 1. The molecule has 1 aromatic carbocycles. The minimum absolute atomic E-state index is 0.220. The molecule has 0 bridgehead atoms. The van der Waals surface area contributed by atoms with E-state index in [9.17, 15) is 14.3 Å². The van der Waals surface area contributed by atoms with Crippen molar-refractivity contribution >= 4 is 11.7 Å². The first-order valence-corrected chi connectivity index (χ1v) is 10.5. The highest BCUT2D eigenvalue weighted by Gasteiger charge is 2.27. The number of aliphatic hydroxyl groups is 1. The van der Waals surface area contributed by atoms with Gasteiger partial charge in [0.05, 0.1) is 17.7 Å². The van der Waals surface area contributed by atoms with E-state index in [0.29, 0.717) is 11.5 Å². The van der Waals surface area contributed by atoms with Crippen LogP contribution < -0.4 is 10.2 Å². The van der Waals surface area contributed by atoms with Crippen LogP contribution in [-0.4, -0.2) is 41.7 Å². The Morgan fingerprint density at radius 2 is 1.93 bits per heavy atom. The van der Waals surface area contributed by atoms with Gasteiger partial charge in [-0.05, 0) is 55.4 Å². The Kier molecular flexibility index (Phi) is 5.81. The zero-order valence-corrected chi connectivity index (χ0v) is 16.8. The van der Waals surface area contributed by atoms with Crippen LogP contribution in [-0.2, 0) is 0 Å². The van der Waals surface area contributed by atoms with Gasteiger partial charge in [-0.25, -0.2) is 9.37 Å². The van der Waals surface area contributed by atoms with Crippen LogP contribution in [0.25, 0.3) is 11.1 Å². The molecule has 6 heteroatoms. The van der Waals surface area contributed by atoms with Gasteiger partial charge in [0, 0.05) is 25.4 Å². The van der Waals surface area contributed by atoms with Gasteiger partial charge in [-0.15, -0.1) is 0 Å².